The second-order valence-electron chi connectivity index (χ2n) is 3.15. The monoisotopic (exact) mass is 156 g/mol. The lowest BCUT2D eigenvalue weighted by Crippen LogP contribution is -2.28. The smallest absolute Gasteiger partial charge is 0.224 e. The molecular formula is C8H16N2O. The highest BCUT2D eigenvalue weighted by molar-refractivity contribution is 5.82. The third-order valence-electron chi connectivity index (χ3n) is 2.01. The summed E-state index contributed by atoms with van der Waals surface area (Å²) < 4.78 is 0. The van der Waals surface area contributed by atoms with Crippen LogP contribution < -0.4 is 11.1 Å². The molecule has 1 amide bonds. The zero-order valence-electron chi connectivity index (χ0n) is 6.97. The van der Waals surface area contributed by atoms with Gasteiger partial charge in [-0.3, -0.25) is 4.79 Å². The van der Waals surface area contributed by atoms with Gasteiger partial charge in [-0.1, -0.05) is 13.3 Å². The van der Waals surface area contributed by atoms with Crippen LogP contribution in [0.4, 0.5) is 0 Å². The first-order valence-corrected chi connectivity index (χ1v) is 4.29. The van der Waals surface area contributed by atoms with Crippen LogP contribution in [0.3, 0.4) is 0 Å². The first-order valence-electron chi connectivity index (χ1n) is 4.29. The van der Waals surface area contributed by atoms with Gasteiger partial charge >= 0.3 is 0 Å². The Hall–Kier alpha value is -0.570. The third kappa shape index (κ3) is 2.50. The Balaban J connectivity index is 2.03. The van der Waals surface area contributed by atoms with Crippen molar-refractivity contribution in [3.8, 4) is 0 Å². The summed E-state index contributed by atoms with van der Waals surface area (Å²) in [6.07, 6.45) is 3.06. The Morgan fingerprint density at radius 3 is 2.82 bits per heavy atom. The fourth-order valence-electron chi connectivity index (χ4n) is 1.04. The maximum atomic E-state index is 11.1. The Bertz CT molecular complexity index is 147. The lowest BCUT2D eigenvalue weighted by Gasteiger charge is -2.01. The summed E-state index contributed by atoms with van der Waals surface area (Å²) in [6, 6.07) is 0.136. The van der Waals surface area contributed by atoms with Crippen LogP contribution in [0.15, 0.2) is 0 Å². The number of rotatable bonds is 4. The summed E-state index contributed by atoms with van der Waals surface area (Å²) in [6.45, 7) is 2.91. The van der Waals surface area contributed by atoms with Gasteiger partial charge in [-0.05, 0) is 12.8 Å². The number of nitrogens with one attached hydrogen (secondary N) is 1. The molecule has 3 N–H and O–H groups in total. The Labute approximate surface area is 67.3 Å². The van der Waals surface area contributed by atoms with E-state index in [0.29, 0.717) is 0 Å². The molecule has 1 rings (SSSR count). The van der Waals surface area contributed by atoms with Crippen LogP contribution in [0.2, 0.25) is 0 Å². The predicted molar refractivity (Wildman–Crippen MR) is 44.0 cm³/mol. The first kappa shape index (κ1) is 8.53. The molecule has 0 aromatic heterocycles. The minimum atomic E-state index is 0.117. The van der Waals surface area contributed by atoms with Crippen molar-refractivity contribution in [3.63, 3.8) is 0 Å². The molecule has 1 aliphatic carbocycles. The van der Waals surface area contributed by atoms with E-state index in [1.54, 1.807) is 0 Å². The van der Waals surface area contributed by atoms with Crippen LogP contribution in [0.5, 0.6) is 0 Å². The van der Waals surface area contributed by atoms with Gasteiger partial charge < -0.3 is 11.1 Å². The summed E-state index contributed by atoms with van der Waals surface area (Å²) in [5.41, 5.74) is 5.51. The Morgan fingerprint density at radius 2 is 2.36 bits per heavy atom. The van der Waals surface area contributed by atoms with E-state index >= 15 is 0 Å². The summed E-state index contributed by atoms with van der Waals surface area (Å²) in [5.74, 6) is 0.262. The second-order valence-corrected chi connectivity index (χ2v) is 3.15. The topological polar surface area (TPSA) is 55.1 Å². The summed E-state index contributed by atoms with van der Waals surface area (Å²) in [7, 11) is 0. The first-order chi connectivity index (χ1) is 5.25. The molecule has 2 unspecified atom stereocenters. The average molecular weight is 156 g/mol. The molecule has 0 saturated heterocycles. The number of nitrogens with two attached hydrogens (primary N) is 1. The van der Waals surface area contributed by atoms with E-state index in [4.69, 9.17) is 5.73 Å². The molecule has 0 spiro atoms. The molecule has 1 saturated carbocycles. The molecular weight excluding hydrogens is 140 g/mol. The quantitative estimate of drug-likeness (QED) is 0.573. The SMILES string of the molecule is CCCCNC(=O)C1CC1N. The molecule has 0 aromatic carbocycles. The van der Waals surface area contributed by atoms with Crippen molar-refractivity contribution in [2.45, 2.75) is 32.2 Å². The molecule has 64 valence electrons. The van der Waals surface area contributed by atoms with Crippen molar-refractivity contribution in [2.75, 3.05) is 6.54 Å². The number of amides is 1. The lowest BCUT2D eigenvalue weighted by atomic mass is 10.3. The van der Waals surface area contributed by atoms with E-state index < -0.39 is 0 Å². The van der Waals surface area contributed by atoms with Crippen molar-refractivity contribution in [1.82, 2.24) is 5.32 Å². The predicted octanol–water partition coefficient (Wildman–Crippen LogP) is 0.250. The van der Waals surface area contributed by atoms with Gasteiger partial charge in [0, 0.05) is 12.6 Å². The highest BCUT2D eigenvalue weighted by Crippen LogP contribution is 2.27. The van der Waals surface area contributed by atoms with Gasteiger partial charge in [0.05, 0.1) is 5.92 Å². The number of carbonyl (C=O) groups excluding carboxylic acids is 1. The number of hydrogen-bond donors (Lipinski definition) is 2. The van der Waals surface area contributed by atoms with Gasteiger partial charge in [0.25, 0.3) is 0 Å². The average Bonchev–Trinajstić information content (AvgIpc) is 2.67. The Kier molecular flexibility index (Phi) is 2.88. The van der Waals surface area contributed by atoms with E-state index in [1.165, 1.54) is 0 Å². The molecule has 3 heteroatoms. The largest absolute Gasteiger partial charge is 0.356 e. The Morgan fingerprint density at radius 1 is 1.73 bits per heavy atom. The molecule has 3 nitrogen and oxygen atoms in total. The van der Waals surface area contributed by atoms with E-state index in [2.05, 4.69) is 12.2 Å². The van der Waals surface area contributed by atoms with Gasteiger partial charge in [-0.15, -0.1) is 0 Å². The van der Waals surface area contributed by atoms with Crippen LogP contribution in [-0.4, -0.2) is 18.5 Å². The van der Waals surface area contributed by atoms with Crippen LogP contribution >= 0.6 is 0 Å². The van der Waals surface area contributed by atoms with Gasteiger partial charge in [-0.2, -0.15) is 0 Å². The van der Waals surface area contributed by atoms with Crippen molar-refractivity contribution in [2.24, 2.45) is 11.7 Å². The highest BCUT2D eigenvalue weighted by Gasteiger charge is 2.39. The zero-order chi connectivity index (χ0) is 8.27. The van der Waals surface area contributed by atoms with Crippen molar-refractivity contribution < 1.29 is 4.79 Å². The van der Waals surface area contributed by atoms with Crippen LogP contribution in [-0.2, 0) is 4.79 Å². The van der Waals surface area contributed by atoms with Crippen LogP contribution in [0, 0.1) is 5.92 Å². The molecule has 0 aliphatic heterocycles. The maximum absolute atomic E-state index is 11.1. The summed E-state index contributed by atoms with van der Waals surface area (Å²) in [4.78, 5) is 11.1. The van der Waals surface area contributed by atoms with Gasteiger partial charge in [0.2, 0.25) is 5.91 Å². The molecule has 0 aromatic rings. The fraction of sp³-hybridized carbons (Fsp3) is 0.875. The minimum Gasteiger partial charge on any atom is -0.356 e. The number of hydrogen-bond acceptors (Lipinski definition) is 2. The van der Waals surface area contributed by atoms with E-state index in [9.17, 15) is 4.79 Å². The van der Waals surface area contributed by atoms with Gasteiger partial charge in [0.15, 0.2) is 0 Å². The molecule has 0 bridgehead atoms. The van der Waals surface area contributed by atoms with Gasteiger partial charge in [0.1, 0.15) is 0 Å². The molecule has 0 radical (unpaired) electrons. The molecule has 0 heterocycles. The lowest BCUT2D eigenvalue weighted by molar-refractivity contribution is -0.122. The molecule has 1 fully saturated rings. The van der Waals surface area contributed by atoms with Crippen LogP contribution in [0.1, 0.15) is 26.2 Å². The molecule has 1 aliphatic rings. The normalized spacial score (nSPS) is 28.2. The second kappa shape index (κ2) is 3.72. The molecule has 11 heavy (non-hydrogen) atoms. The third-order valence-corrected chi connectivity index (χ3v) is 2.01. The van der Waals surface area contributed by atoms with Crippen molar-refractivity contribution in [1.29, 1.82) is 0 Å². The standard InChI is InChI=1S/C8H16N2O/c1-2-3-4-10-8(11)6-5-7(6)9/h6-7H,2-5,9H2,1H3,(H,10,11). The van der Waals surface area contributed by atoms with Crippen molar-refractivity contribution >= 4 is 5.91 Å². The molecule has 2 atom stereocenters. The highest BCUT2D eigenvalue weighted by atomic mass is 16.2. The fourth-order valence-corrected chi connectivity index (χ4v) is 1.04. The van der Waals surface area contributed by atoms with E-state index in [1.807, 2.05) is 0 Å². The van der Waals surface area contributed by atoms with Crippen LogP contribution in [0.25, 0.3) is 0 Å². The van der Waals surface area contributed by atoms with Crippen molar-refractivity contribution in [3.05, 3.63) is 0 Å². The van der Waals surface area contributed by atoms with E-state index in [0.717, 1.165) is 25.8 Å². The zero-order valence-corrected chi connectivity index (χ0v) is 6.97. The number of carbonyl (C=O) groups is 1. The summed E-state index contributed by atoms with van der Waals surface area (Å²) in [5, 5.41) is 2.86. The number of unbranched alkanes of at least 4 members (excludes halogenated alkanes) is 1. The minimum absolute atomic E-state index is 0.117. The van der Waals surface area contributed by atoms with E-state index in [-0.39, 0.29) is 17.9 Å². The maximum Gasteiger partial charge on any atom is 0.224 e. The summed E-state index contributed by atoms with van der Waals surface area (Å²) >= 11 is 0. The van der Waals surface area contributed by atoms with Gasteiger partial charge in [-0.25, -0.2) is 0 Å².